The van der Waals surface area contributed by atoms with Gasteiger partial charge in [-0.05, 0) is 55.6 Å². The topological polar surface area (TPSA) is 78.5 Å². The summed E-state index contributed by atoms with van der Waals surface area (Å²) in [6.07, 6.45) is 5.44. The van der Waals surface area contributed by atoms with Gasteiger partial charge in [-0.3, -0.25) is 14.5 Å². The number of fused-ring (bicyclic) bond motifs is 2. The molecule has 2 N–H and O–H groups in total. The largest absolute Gasteiger partial charge is 0.352 e. The molecule has 1 saturated carbocycles. The van der Waals surface area contributed by atoms with Crippen LogP contribution in [0.1, 0.15) is 50.2 Å². The SMILES string of the molecule is CC1CCC(NC(=O)CN2C(=O)NC3(CCc4ccccc43)C2=O)CC1. The van der Waals surface area contributed by atoms with Crippen LogP contribution >= 0.6 is 0 Å². The van der Waals surface area contributed by atoms with E-state index in [0.717, 1.165) is 48.1 Å². The molecule has 4 amide bonds. The Morgan fingerprint density at radius 2 is 1.96 bits per heavy atom. The standard InChI is InChI=1S/C20H25N3O3/c1-13-6-8-15(9-7-13)21-17(24)12-23-18(25)20(22-19(23)26)11-10-14-4-2-3-5-16(14)20/h2-5,13,15H,6-12H2,1H3,(H,21,24)(H,22,26). The van der Waals surface area contributed by atoms with Gasteiger partial charge in [0.15, 0.2) is 0 Å². The highest BCUT2D eigenvalue weighted by Gasteiger charge is 2.55. The molecule has 6 nitrogen and oxygen atoms in total. The molecule has 1 saturated heterocycles. The van der Waals surface area contributed by atoms with Gasteiger partial charge in [0.25, 0.3) is 5.91 Å². The van der Waals surface area contributed by atoms with Crippen molar-refractivity contribution in [2.24, 2.45) is 5.92 Å². The fourth-order valence-corrected chi connectivity index (χ4v) is 4.55. The van der Waals surface area contributed by atoms with Crippen LogP contribution in [-0.4, -0.2) is 35.3 Å². The number of carbonyl (C=O) groups excluding carboxylic acids is 3. The van der Waals surface area contributed by atoms with Crippen molar-refractivity contribution in [3.8, 4) is 0 Å². The summed E-state index contributed by atoms with van der Waals surface area (Å²) in [6, 6.07) is 7.39. The Morgan fingerprint density at radius 3 is 2.73 bits per heavy atom. The maximum absolute atomic E-state index is 13.0. The van der Waals surface area contributed by atoms with Crippen molar-refractivity contribution in [2.45, 2.75) is 57.0 Å². The normalized spacial score (nSPS) is 30.4. The Bertz CT molecular complexity index is 754. The van der Waals surface area contributed by atoms with E-state index in [2.05, 4.69) is 17.6 Å². The third kappa shape index (κ3) is 2.77. The smallest absolute Gasteiger partial charge is 0.325 e. The number of hydrogen-bond donors (Lipinski definition) is 2. The lowest BCUT2D eigenvalue weighted by atomic mass is 9.87. The maximum Gasteiger partial charge on any atom is 0.325 e. The second-order valence-electron chi connectivity index (χ2n) is 7.91. The summed E-state index contributed by atoms with van der Waals surface area (Å²) >= 11 is 0. The van der Waals surface area contributed by atoms with E-state index in [1.807, 2.05) is 24.3 Å². The molecular formula is C20H25N3O3. The number of aryl methyl sites for hydroxylation is 1. The molecule has 1 aliphatic heterocycles. The van der Waals surface area contributed by atoms with E-state index in [0.29, 0.717) is 12.3 Å². The number of imide groups is 1. The van der Waals surface area contributed by atoms with Crippen LogP contribution in [0.4, 0.5) is 4.79 Å². The molecule has 1 aromatic carbocycles. The van der Waals surface area contributed by atoms with Gasteiger partial charge in [-0.2, -0.15) is 0 Å². The fourth-order valence-electron chi connectivity index (χ4n) is 4.55. The second-order valence-corrected chi connectivity index (χ2v) is 7.91. The van der Waals surface area contributed by atoms with Crippen LogP contribution in [0.5, 0.6) is 0 Å². The van der Waals surface area contributed by atoms with Crippen LogP contribution in [0.2, 0.25) is 0 Å². The van der Waals surface area contributed by atoms with Crippen molar-refractivity contribution in [3.05, 3.63) is 35.4 Å². The molecule has 3 aliphatic rings. The van der Waals surface area contributed by atoms with E-state index in [-0.39, 0.29) is 24.4 Å². The number of urea groups is 1. The van der Waals surface area contributed by atoms with Gasteiger partial charge in [-0.15, -0.1) is 0 Å². The number of carbonyl (C=O) groups is 3. The van der Waals surface area contributed by atoms with Crippen molar-refractivity contribution in [1.29, 1.82) is 0 Å². The average molecular weight is 355 g/mol. The third-order valence-electron chi connectivity index (χ3n) is 6.10. The van der Waals surface area contributed by atoms with Gasteiger partial charge >= 0.3 is 6.03 Å². The van der Waals surface area contributed by atoms with E-state index in [1.54, 1.807) is 0 Å². The van der Waals surface area contributed by atoms with Gasteiger partial charge in [0, 0.05) is 6.04 Å². The minimum Gasteiger partial charge on any atom is -0.352 e. The quantitative estimate of drug-likeness (QED) is 0.815. The molecule has 1 aromatic rings. The Labute approximate surface area is 153 Å². The Morgan fingerprint density at radius 1 is 1.23 bits per heavy atom. The molecule has 1 heterocycles. The van der Waals surface area contributed by atoms with E-state index in [9.17, 15) is 14.4 Å². The van der Waals surface area contributed by atoms with Crippen molar-refractivity contribution in [3.63, 3.8) is 0 Å². The summed E-state index contributed by atoms with van der Waals surface area (Å²) < 4.78 is 0. The van der Waals surface area contributed by atoms with Crippen molar-refractivity contribution in [2.75, 3.05) is 6.54 Å². The predicted molar refractivity (Wildman–Crippen MR) is 96.2 cm³/mol. The van der Waals surface area contributed by atoms with Crippen LogP contribution in [0.25, 0.3) is 0 Å². The minimum absolute atomic E-state index is 0.153. The predicted octanol–water partition coefficient (Wildman–Crippen LogP) is 2.07. The second kappa shape index (κ2) is 6.41. The Kier molecular flexibility index (Phi) is 4.21. The van der Waals surface area contributed by atoms with E-state index in [1.165, 1.54) is 0 Å². The summed E-state index contributed by atoms with van der Waals surface area (Å²) in [5.74, 6) is 0.146. The molecule has 6 heteroatoms. The summed E-state index contributed by atoms with van der Waals surface area (Å²) in [5.41, 5.74) is 0.958. The van der Waals surface area contributed by atoms with Gasteiger partial charge in [-0.1, -0.05) is 31.2 Å². The Hall–Kier alpha value is -2.37. The van der Waals surface area contributed by atoms with Gasteiger partial charge in [0.1, 0.15) is 12.1 Å². The summed E-state index contributed by atoms with van der Waals surface area (Å²) in [4.78, 5) is 39.0. The van der Waals surface area contributed by atoms with Crippen molar-refractivity contribution < 1.29 is 14.4 Å². The highest BCUT2D eigenvalue weighted by molar-refractivity contribution is 6.09. The van der Waals surface area contributed by atoms with Crippen molar-refractivity contribution in [1.82, 2.24) is 15.5 Å². The van der Waals surface area contributed by atoms with Crippen LogP contribution in [-0.2, 0) is 21.5 Å². The highest BCUT2D eigenvalue weighted by Crippen LogP contribution is 2.41. The summed E-state index contributed by atoms with van der Waals surface area (Å²) in [7, 11) is 0. The molecule has 26 heavy (non-hydrogen) atoms. The molecule has 4 rings (SSSR count). The first-order valence-corrected chi connectivity index (χ1v) is 9.51. The monoisotopic (exact) mass is 355 g/mol. The zero-order valence-corrected chi connectivity index (χ0v) is 15.1. The molecule has 0 aromatic heterocycles. The number of hydrogen-bond acceptors (Lipinski definition) is 3. The molecular weight excluding hydrogens is 330 g/mol. The number of nitrogens with one attached hydrogen (secondary N) is 2. The minimum atomic E-state index is -0.992. The zero-order chi connectivity index (χ0) is 18.3. The lowest BCUT2D eigenvalue weighted by molar-refractivity contribution is -0.135. The number of nitrogens with zero attached hydrogens (tertiary/aromatic N) is 1. The molecule has 138 valence electrons. The van der Waals surface area contributed by atoms with E-state index in [4.69, 9.17) is 0 Å². The fraction of sp³-hybridized carbons (Fsp3) is 0.550. The lowest BCUT2D eigenvalue weighted by Crippen LogP contribution is -2.46. The maximum atomic E-state index is 13.0. The number of amides is 4. The van der Waals surface area contributed by atoms with E-state index >= 15 is 0 Å². The van der Waals surface area contributed by atoms with Gasteiger partial charge < -0.3 is 10.6 Å². The first-order valence-electron chi connectivity index (χ1n) is 9.51. The van der Waals surface area contributed by atoms with E-state index < -0.39 is 11.6 Å². The molecule has 1 unspecified atom stereocenters. The van der Waals surface area contributed by atoms with Crippen LogP contribution < -0.4 is 10.6 Å². The molecule has 0 bridgehead atoms. The van der Waals surface area contributed by atoms with Gasteiger partial charge in [0.05, 0.1) is 0 Å². The van der Waals surface area contributed by atoms with Crippen LogP contribution in [0, 0.1) is 5.92 Å². The third-order valence-corrected chi connectivity index (χ3v) is 6.10. The highest BCUT2D eigenvalue weighted by atomic mass is 16.2. The first-order chi connectivity index (χ1) is 12.5. The number of benzene rings is 1. The zero-order valence-electron chi connectivity index (χ0n) is 15.1. The lowest BCUT2D eigenvalue weighted by Gasteiger charge is -2.27. The molecule has 1 spiro atoms. The molecule has 2 fully saturated rings. The van der Waals surface area contributed by atoms with Gasteiger partial charge in [0.2, 0.25) is 5.91 Å². The molecule has 0 radical (unpaired) electrons. The first kappa shape index (κ1) is 17.1. The van der Waals surface area contributed by atoms with Crippen molar-refractivity contribution >= 4 is 17.8 Å². The number of rotatable bonds is 3. The summed E-state index contributed by atoms with van der Waals surface area (Å²) in [6.45, 7) is 2.02. The molecule has 2 aliphatic carbocycles. The average Bonchev–Trinajstić information content (AvgIpc) is 3.11. The van der Waals surface area contributed by atoms with Gasteiger partial charge in [-0.25, -0.2) is 4.79 Å². The molecule has 1 atom stereocenters. The Balaban J connectivity index is 1.44. The van der Waals surface area contributed by atoms with Crippen LogP contribution in [0.3, 0.4) is 0 Å². The van der Waals surface area contributed by atoms with Crippen LogP contribution in [0.15, 0.2) is 24.3 Å². The summed E-state index contributed by atoms with van der Waals surface area (Å²) in [5, 5.41) is 5.85.